The van der Waals surface area contributed by atoms with Crippen LogP contribution in [0.25, 0.3) is 22.4 Å². The Kier molecular flexibility index (Phi) is 3.62. The van der Waals surface area contributed by atoms with Crippen molar-refractivity contribution in [1.82, 2.24) is 25.1 Å². The number of anilines is 1. The molecular weight excluding hydrogens is 328 g/mol. The van der Waals surface area contributed by atoms with Gasteiger partial charge in [0.1, 0.15) is 11.5 Å². The third-order valence-corrected chi connectivity index (χ3v) is 4.85. The number of piperidine rings is 1. The Morgan fingerprint density at radius 1 is 1.15 bits per heavy atom. The maximum absolute atomic E-state index is 5.56. The van der Waals surface area contributed by atoms with Gasteiger partial charge in [-0.05, 0) is 43.2 Å². The largest absolute Gasteiger partial charge is 0.356 e. The summed E-state index contributed by atoms with van der Waals surface area (Å²) in [4.78, 5) is 18.9. The molecule has 1 atom stereocenters. The molecular formula is C19H18N6O. The van der Waals surface area contributed by atoms with Gasteiger partial charge >= 0.3 is 0 Å². The van der Waals surface area contributed by atoms with Crippen LogP contribution >= 0.6 is 0 Å². The Morgan fingerprint density at radius 3 is 3.08 bits per heavy atom. The summed E-state index contributed by atoms with van der Waals surface area (Å²) in [5.74, 6) is 2.48. The minimum absolute atomic E-state index is 0.211. The molecule has 1 N–H and O–H groups in total. The standard InChI is InChI=1S/C19H18N6O/c1-3-14(11-20-8-1)18-23-19(26-24-18)15-4-2-10-25(12-15)16-6-5-13-7-9-21-17(13)22-16/h1,3,5-9,11,15H,2,4,10,12H2,(H,21,22)/t15-/m0/s1. The van der Waals surface area contributed by atoms with Crippen molar-refractivity contribution in [1.29, 1.82) is 0 Å². The van der Waals surface area contributed by atoms with Gasteiger partial charge in [0.05, 0.1) is 5.92 Å². The second-order valence-electron chi connectivity index (χ2n) is 6.57. The van der Waals surface area contributed by atoms with E-state index in [4.69, 9.17) is 9.51 Å². The molecule has 0 saturated carbocycles. The van der Waals surface area contributed by atoms with Crippen LogP contribution in [0.2, 0.25) is 0 Å². The first-order valence-electron chi connectivity index (χ1n) is 8.80. The summed E-state index contributed by atoms with van der Waals surface area (Å²) in [5, 5.41) is 5.25. The number of hydrogen-bond donors (Lipinski definition) is 1. The van der Waals surface area contributed by atoms with Crippen LogP contribution in [0.1, 0.15) is 24.7 Å². The molecule has 4 aromatic heterocycles. The van der Waals surface area contributed by atoms with Crippen molar-refractivity contribution in [3.05, 3.63) is 54.8 Å². The Bertz CT molecular complexity index is 1020. The quantitative estimate of drug-likeness (QED) is 0.612. The number of H-pyrrole nitrogens is 1. The normalized spacial score (nSPS) is 17.7. The van der Waals surface area contributed by atoms with Gasteiger partial charge < -0.3 is 14.4 Å². The van der Waals surface area contributed by atoms with Gasteiger partial charge in [-0.1, -0.05) is 5.16 Å². The zero-order valence-corrected chi connectivity index (χ0v) is 14.2. The molecule has 7 nitrogen and oxygen atoms in total. The fourth-order valence-corrected chi connectivity index (χ4v) is 3.50. The van der Waals surface area contributed by atoms with Crippen molar-refractivity contribution in [3.8, 4) is 11.4 Å². The van der Waals surface area contributed by atoms with Crippen molar-refractivity contribution < 1.29 is 4.52 Å². The maximum atomic E-state index is 5.56. The molecule has 130 valence electrons. The molecule has 1 aliphatic rings. The smallest absolute Gasteiger partial charge is 0.231 e. The van der Waals surface area contributed by atoms with Crippen LogP contribution in [-0.2, 0) is 0 Å². The van der Waals surface area contributed by atoms with E-state index < -0.39 is 0 Å². The predicted octanol–water partition coefficient (Wildman–Crippen LogP) is 3.39. The molecule has 0 bridgehead atoms. The van der Waals surface area contributed by atoms with Crippen LogP contribution in [0.3, 0.4) is 0 Å². The summed E-state index contributed by atoms with van der Waals surface area (Å²) >= 11 is 0. The van der Waals surface area contributed by atoms with E-state index in [1.54, 1.807) is 12.4 Å². The van der Waals surface area contributed by atoms with Crippen LogP contribution in [-0.4, -0.2) is 38.2 Å². The molecule has 7 heteroatoms. The molecule has 0 aromatic carbocycles. The predicted molar refractivity (Wildman–Crippen MR) is 97.8 cm³/mol. The number of aromatic nitrogens is 5. The molecule has 5 heterocycles. The van der Waals surface area contributed by atoms with Crippen LogP contribution < -0.4 is 4.90 Å². The van der Waals surface area contributed by atoms with Crippen molar-refractivity contribution in [2.75, 3.05) is 18.0 Å². The molecule has 0 aliphatic carbocycles. The Hall–Kier alpha value is -3.22. The highest BCUT2D eigenvalue weighted by atomic mass is 16.5. The minimum Gasteiger partial charge on any atom is -0.356 e. The highest BCUT2D eigenvalue weighted by molar-refractivity contribution is 5.77. The fourth-order valence-electron chi connectivity index (χ4n) is 3.50. The van der Waals surface area contributed by atoms with E-state index in [-0.39, 0.29) is 5.92 Å². The van der Waals surface area contributed by atoms with Gasteiger partial charge in [-0.2, -0.15) is 4.98 Å². The van der Waals surface area contributed by atoms with Gasteiger partial charge in [0, 0.05) is 42.6 Å². The second kappa shape index (κ2) is 6.25. The van der Waals surface area contributed by atoms with E-state index in [1.807, 2.05) is 24.4 Å². The highest BCUT2D eigenvalue weighted by Crippen LogP contribution is 2.30. The summed E-state index contributed by atoms with van der Waals surface area (Å²) in [6.45, 7) is 1.81. The Morgan fingerprint density at radius 2 is 2.15 bits per heavy atom. The first-order chi connectivity index (χ1) is 12.9. The van der Waals surface area contributed by atoms with E-state index in [2.05, 4.69) is 37.1 Å². The Labute approximate surface area is 150 Å². The molecule has 4 aromatic rings. The summed E-state index contributed by atoms with van der Waals surface area (Å²) in [6, 6.07) is 10.0. The van der Waals surface area contributed by atoms with Crippen LogP contribution in [0, 0.1) is 0 Å². The summed E-state index contributed by atoms with van der Waals surface area (Å²) in [5.41, 5.74) is 1.79. The number of rotatable bonds is 3. The average molecular weight is 346 g/mol. The summed E-state index contributed by atoms with van der Waals surface area (Å²) in [6.07, 6.45) is 7.50. The van der Waals surface area contributed by atoms with Crippen LogP contribution in [0.15, 0.2) is 53.4 Å². The lowest BCUT2D eigenvalue weighted by Crippen LogP contribution is -2.35. The van der Waals surface area contributed by atoms with E-state index in [1.165, 1.54) is 0 Å². The first-order valence-corrected chi connectivity index (χ1v) is 8.80. The number of nitrogens with zero attached hydrogens (tertiary/aromatic N) is 5. The van der Waals surface area contributed by atoms with Crippen molar-refractivity contribution in [3.63, 3.8) is 0 Å². The fraction of sp³-hybridized carbons (Fsp3) is 0.263. The first kappa shape index (κ1) is 15.1. The summed E-state index contributed by atoms with van der Waals surface area (Å²) in [7, 11) is 0. The van der Waals surface area contributed by atoms with E-state index in [0.717, 1.165) is 48.3 Å². The number of aromatic amines is 1. The topological polar surface area (TPSA) is 83.7 Å². The van der Waals surface area contributed by atoms with Crippen LogP contribution in [0.5, 0.6) is 0 Å². The highest BCUT2D eigenvalue weighted by Gasteiger charge is 2.27. The van der Waals surface area contributed by atoms with E-state index in [9.17, 15) is 0 Å². The molecule has 1 aliphatic heterocycles. The monoisotopic (exact) mass is 346 g/mol. The lowest BCUT2D eigenvalue weighted by molar-refractivity contribution is 0.333. The van der Waals surface area contributed by atoms with Gasteiger partial charge in [0.15, 0.2) is 0 Å². The molecule has 0 radical (unpaired) electrons. The van der Waals surface area contributed by atoms with Gasteiger partial charge in [-0.3, -0.25) is 4.98 Å². The molecule has 26 heavy (non-hydrogen) atoms. The number of nitrogens with one attached hydrogen (secondary N) is 1. The number of hydrogen-bond acceptors (Lipinski definition) is 6. The lowest BCUT2D eigenvalue weighted by atomic mass is 9.98. The molecule has 0 unspecified atom stereocenters. The zero-order chi connectivity index (χ0) is 17.3. The summed E-state index contributed by atoms with van der Waals surface area (Å²) < 4.78 is 5.56. The van der Waals surface area contributed by atoms with Crippen LogP contribution in [0.4, 0.5) is 5.82 Å². The van der Waals surface area contributed by atoms with Crippen molar-refractivity contribution in [2.24, 2.45) is 0 Å². The maximum Gasteiger partial charge on any atom is 0.231 e. The minimum atomic E-state index is 0.211. The van der Waals surface area contributed by atoms with E-state index >= 15 is 0 Å². The SMILES string of the molecule is c1cncc(-c2noc([C@H]3CCCN(c4ccc5cc[nH]c5n4)C3)n2)c1. The second-order valence-corrected chi connectivity index (χ2v) is 6.57. The number of fused-ring (bicyclic) bond motifs is 1. The Balaban J connectivity index is 1.38. The van der Waals surface area contributed by atoms with Crippen molar-refractivity contribution in [2.45, 2.75) is 18.8 Å². The van der Waals surface area contributed by atoms with Gasteiger partial charge in [0.25, 0.3) is 0 Å². The lowest BCUT2D eigenvalue weighted by Gasteiger charge is -2.31. The molecule has 1 saturated heterocycles. The van der Waals surface area contributed by atoms with Gasteiger partial charge in [0.2, 0.25) is 11.7 Å². The third-order valence-electron chi connectivity index (χ3n) is 4.85. The molecule has 0 amide bonds. The van der Waals surface area contributed by atoms with Gasteiger partial charge in [-0.15, -0.1) is 0 Å². The number of pyridine rings is 2. The third kappa shape index (κ3) is 2.71. The van der Waals surface area contributed by atoms with E-state index in [0.29, 0.717) is 11.7 Å². The van der Waals surface area contributed by atoms with Gasteiger partial charge in [-0.25, -0.2) is 4.98 Å². The molecule has 1 fully saturated rings. The molecule has 0 spiro atoms. The zero-order valence-electron chi connectivity index (χ0n) is 14.2. The average Bonchev–Trinajstić information content (AvgIpc) is 3.38. The molecule has 5 rings (SSSR count). The van der Waals surface area contributed by atoms with Crippen molar-refractivity contribution >= 4 is 16.9 Å².